The van der Waals surface area contributed by atoms with Crippen molar-refractivity contribution in [1.82, 2.24) is 4.90 Å². The molecule has 1 aliphatic heterocycles. The first-order valence-electron chi connectivity index (χ1n) is 6.92. The molecule has 0 spiro atoms. The number of piperazine rings is 1. The number of primary amides is 1. The minimum Gasteiger partial charge on any atom is -0.369 e. The molecule has 0 radical (unpaired) electrons. The molecule has 114 valence electrons. The van der Waals surface area contributed by atoms with Crippen molar-refractivity contribution in [2.45, 2.75) is 25.9 Å². The summed E-state index contributed by atoms with van der Waals surface area (Å²) in [7, 11) is 0. The van der Waals surface area contributed by atoms with Crippen LogP contribution in [0.3, 0.4) is 0 Å². The fourth-order valence-corrected chi connectivity index (χ4v) is 2.82. The van der Waals surface area contributed by atoms with Gasteiger partial charge in [-0.15, -0.1) is 0 Å². The van der Waals surface area contributed by atoms with E-state index in [-0.39, 0.29) is 35.1 Å². The summed E-state index contributed by atoms with van der Waals surface area (Å²) < 4.78 is 0. The summed E-state index contributed by atoms with van der Waals surface area (Å²) in [6, 6.07) is 6.93. The first-order valence-corrected chi connectivity index (χ1v) is 6.92. The molecule has 2 rings (SSSR count). The van der Waals surface area contributed by atoms with Crippen molar-refractivity contribution in [2.24, 2.45) is 5.73 Å². The van der Waals surface area contributed by atoms with E-state index in [2.05, 4.69) is 0 Å². The standard InChI is InChI=1S/C14H20N4O3/c1-10-8-17(11(2)7-16(10)9-14(15)19)12-5-3-4-6-13(12)18(20)21/h3-6,10-11H,7-9H2,1-2H3,(H2,15,19)/t10-,11+/m1/s1. The zero-order valence-electron chi connectivity index (χ0n) is 12.2. The first kappa shape index (κ1) is 15.2. The Morgan fingerprint density at radius 1 is 1.33 bits per heavy atom. The van der Waals surface area contributed by atoms with Crippen molar-refractivity contribution in [1.29, 1.82) is 0 Å². The van der Waals surface area contributed by atoms with Gasteiger partial charge in [0.25, 0.3) is 5.69 Å². The molecule has 21 heavy (non-hydrogen) atoms. The highest BCUT2D eigenvalue weighted by Crippen LogP contribution is 2.31. The lowest BCUT2D eigenvalue weighted by Gasteiger charge is -2.44. The molecule has 0 bridgehead atoms. The molecule has 0 aliphatic carbocycles. The van der Waals surface area contributed by atoms with Crippen LogP contribution in [0.1, 0.15) is 13.8 Å². The molecular formula is C14H20N4O3. The molecule has 1 aliphatic rings. The quantitative estimate of drug-likeness (QED) is 0.659. The van der Waals surface area contributed by atoms with Gasteiger partial charge in [-0.3, -0.25) is 19.8 Å². The Morgan fingerprint density at radius 3 is 2.62 bits per heavy atom. The Bertz CT molecular complexity index is 549. The maximum Gasteiger partial charge on any atom is 0.292 e. The maximum atomic E-state index is 11.2. The highest BCUT2D eigenvalue weighted by molar-refractivity contribution is 5.76. The second-order valence-electron chi connectivity index (χ2n) is 5.49. The SMILES string of the molecule is C[C@@H]1CN(c2ccccc2[N+](=O)[O-])[C@@H](C)CN1CC(N)=O. The van der Waals surface area contributed by atoms with Gasteiger partial charge in [0.1, 0.15) is 5.69 Å². The van der Waals surface area contributed by atoms with Crippen LogP contribution < -0.4 is 10.6 Å². The van der Waals surface area contributed by atoms with Gasteiger partial charge in [-0.05, 0) is 19.9 Å². The Labute approximate surface area is 123 Å². The number of anilines is 1. The molecule has 0 saturated carbocycles. The summed E-state index contributed by atoms with van der Waals surface area (Å²) in [6.45, 7) is 5.48. The largest absolute Gasteiger partial charge is 0.369 e. The Balaban J connectivity index is 2.23. The zero-order chi connectivity index (χ0) is 15.6. The fraction of sp³-hybridized carbons (Fsp3) is 0.500. The summed E-state index contributed by atoms with van der Waals surface area (Å²) in [6.07, 6.45) is 0. The lowest BCUT2D eigenvalue weighted by atomic mass is 10.1. The van der Waals surface area contributed by atoms with E-state index in [0.29, 0.717) is 18.8 Å². The van der Waals surface area contributed by atoms with Crippen LogP contribution in [0.4, 0.5) is 11.4 Å². The summed E-state index contributed by atoms with van der Waals surface area (Å²) >= 11 is 0. The number of rotatable bonds is 4. The number of para-hydroxylation sites is 2. The van der Waals surface area contributed by atoms with Gasteiger partial charge in [0, 0.05) is 31.2 Å². The molecule has 2 N–H and O–H groups in total. The number of nitro benzene ring substituents is 1. The maximum absolute atomic E-state index is 11.2. The molecule has 7 heteroatoms. The van der Waals surface area contributed by atoms with E-state index < -0.39 is 0 Å². The molecule has 0 aromatic heterocycles. The molecule has 7 nitrogen and oxygen atoms in total. The number of nitro groups is 1. The van der Waals surface area contributed by atoms with Crippen LogP contribution in [0, 0.1) is 10.1 Å². The van der Waals surface area contributed by atoms with Crippen LogP contribution in [0.15, 0.2) is 24.3 Å². The number of hydrogen-bond acceptors (Lipinski definition) is 5. The van der Waals surface area contributed by atoms with Crippen LogP contribution in [-0.2, 0) is 4.79 Å². The minimum absolute atomic E-state index is 0.0710. The number of nitrogens with two attached hydrogens (primary N) is 1. The van der Waals surface area contributed by atoms with Gasteiger partial charge in [0.15, 0.2) is 0 Å². The van der Waals surface area contributed by atoms with Gasteiger partial charge in [-0.2, -0.15) is 0 Å². The van der Waals surface area contributed by atoms with Crippen molar-refractivity contribution in [3.05, 3.63) is 34.4 Å². The van der Waals surface area contributed by atoms with Crippen LogP contribution in [0.25, 0.3) is 0 Å². The van der Waals surface area contributed by atoms with Crippen molar-refractivity contribution in [3.63, 3.8) is 0 Å². The Hall–Kier alpha value is -2.15. The van der Waals surface area contributed by atoms with Crippen LogP contribution >= 0.6 is 0 Å². The monoisotopic (exact) mass is 292 g/mol. The van der Waals surface area contributed by atoms with Gasteiger partial charge >= 0.3 is 0 Å². The predicted octanol–water partition coefficient (Wildman–Crippen LogP) is 0.979. The molecular weight excluding hydrogens is 272 g/mol. The van der Waals surface area contributed by atoms with Crippen molar-refractivity contribution >= 4 is 17.3 Å². The first-order chi connectivity index (χ1) is 9.90. The zero-order valence-corrected chi connectivity index (χ0v) is 12.2. The minimum atomic E-state index is -0.359. The van der Waals surface area contributed by atoms with E-state index in [9.17, 15) is 14.9 Å². The predicted molar refractivity (Wildman–Crippen MR) is 80.1 cm³/mol. The second-order valence-corrected chi connectivity index (χ2v) is 5.49. The van der Waals surface area contributed by atoms with Gasteiger partial charge in [-0.1, -0.05) is 12.1 Å². The molecule has 1 aromatic carbocycles. The molecule has 1 aromatic rings. The molecule has 1 saturated heterocycles. The van der Waals surface area contributed by atoms with Crippen molar-refractivity contribution in [3.8, 4) is 0 Å². The summed E-state index contributed by atoms with van der Waals surface area (Å²) in [5.74, 6) is -0.354. The highest BCUT2D eigenvalue weighted by atomic mass is 16.6. The highest BCUT2D eigenvalue weighted by Gasteiger charge is 2.32. The summed E-state index contributed by atoms with van der Waals surface area (Å²) in [4.78, 5) is 25.9. The smallest absolute Gasteiger partial charge is 0.292 e. The normalized spacial score (nSPS) is 23.0. The lowest BCUT2D eigenvalue weighted by molar-refractivity contribution is -0.384. The average molecular weight is 292 g/mol. The van der Waals surface area contributed by atoms with Crippen molar-refractivity contribution < 1.29 is 9.72 Å². The van der Waals surface area contributed by atoms with E-state index in [1.54, 1.807) is 18.2 Å². The van der Waals surface area contributed by atoms with Crippen LogP contribution in [0.5, 0.6) is 0 Å². The second kappa shape index (κ2) is 6.09. The van der Waals surface area contributed by atoms with Gasteiger partial charge < -0.3 is 10.6 Å². The number of nitrogens with zero attached hydrogens (tertiary/aromatic N) is 3. The third-order valence-corrected chi connectivity index (χ3v) is 3.86. The molecule has 1 amide bonds. The van der Waals surface area contributed by atoms with E-state index in [0.717, 1.165) is 0 Å². The summed E-state index contributed by atoms with van der Waals surface area (Å²) in [5.41, 5.74) is 5.99. The average Bonchev–Trinajstić information content (AvgIpc) is 2.42. The van der Waals surface area contributed by atoms with Gasteiger partial charge in [0.2, 0.25) is 5.91 Å². The molecule has 0 unspecified atom stereocenters. The van der Waals surface area contributed by atoms with Crippen molar-refractivity contribution in [2.75, 3.05) is 24.5 Å². The van der Waals surface area contributed by atoms with Crippen LogP contribution in [-0.4, -0.2) is 47.4 Å². The van der Waals surface area contributed by atoms with Gasteiger partial charge in [-0.25, -0.2) is 0 Å². The van der Waals surface area contributed by atoms with E-state index >= 15 is 0 Å². The Kier molecular flexibility index (Phi) is 4.42. The fourth-order valence-electron chi connectivity index (χ4n) is 2.82. The van der Waals surface area contributed by atoms with E-state index in [1.165, 1.54) is 6.07 Å². The molecule has 1 heterocycles. The van der Waals surface area contributed by atoms with Gasteiger partial charge in [0.05, 0.1) is 11.5 Å². The number of carbonyl (C=O) groups excluding carboxylic acids is 1. The lowest BCUT2D eigenvalue weighted by Crippen LogP contribution is -2.58. The summed E-state index contributed by atoms with van der Waals surface area (Å²) in [5, 5.41) is 11.2. The van der Waals surface area contributed by atoms with E-state index in [1.807, 2.05) is 23.6 Å². The number of hydrogen-bond donors (Lipinski definition) is 1. The molecule has 1 fully saturated rings. The third-order valence-electron chi connectivity index (χ3n) is 3.86. The van der Waals surface area contributed by atoms with Crippen LogP contribution in [0.2, 0.25) is 0 Å². The third kappa shape index (κ3) is 3.30. The number of benzene rings is 1. The van der Waals surface area contributed by atoms with E-state index in [4.69, 9.17) is 5.73 Å². The number of amides is 1. The molecule has 2 atom stereocenters. The topological polar surface area (TPSA) is 92.7 Å². The Morgan fingerprint density at radius 2 is 2.00 bits per heavy atom. The number of carbonyl (C=O) groups is 1.